The molecule has 0 saturated carbocycles. The van der Waals surface area contributed by atoms with Crippen molar-refractivity contribution in [2.24, 2.45) is 0 Å². The van der Waals surface area contributed by atoms with Crippen LogP contribution in [0, 0.1) is 0 Å². The minimum Gasteiger partial charge on any atom is -0.340 e. The van der Waals surface area contributed by atoms with Gasteiger partial charge in [-0.3, -0.25) is 19.5 Å². The second-order valence-corrected chi connectivity index (χ2v) is 6.58. The van der Waals surface area contributed by atoms with Crippen LogP contribution in [0.2, 0.25) is 0 Å². The van der Waals surface area contributed by atoms with Crippen LogP contribution in [-0.2, 0) is 13.0 Å². The number of imidazole rings is 1. The monoisotopic (exact) mass is 356 g/mol. The van der Waals surface area contributed by atoms with Crippen LogP contribution in [0.15, 0.2) is 48.5 Å². The third-order valence-corrected chi connectivity index (χ3v) is 4.97. The van der Waals surface area contributed by atoms with E-state index in [4.69, 9.17) is 0 Å². The molecule has 5 rings (SSSR count). The quantitative estimate of drug-likeness (QED) is 0.570. The number of pyridine rings is 1. The normalized spacial score (nSPS) is 13.7. The smallest absolute Gasteiger partial charge is 0.263 e. The average Bonchev–Trinajstić information content (AvgIpc) is 3.22. The highest BCUT2D eigenvalue weighted by Crippen LogP contribution is 2.32. The van der Waals surface area contributed by atoms with Gasteiger partial charge < -0.3 is 4.98 Å². The molecule has 0 atom stereocenters. The molecule has 0 fully saturated rings. The van der Waals surface area contributed by atoms with Gasteiger partial charge in [-0.05, 0) is 24.6 Å². The largest absolute Gasteiger partial charge is 0.340 e. The van der Waals surface area contributed by atoms with Crippen LogP contribution >= 0.6 is 0 Å². The van der Waals surface area contributed by atoms with E-state index in [1.54, 1.807) is 0 Å². The van der Waals surface area contributed by atoms with Gasteiger partial charge in [-0.2, -0.15) is 0 Å². The maximum Gasteiger partial charge on any atom is 0.263 e. The van der Waals surface area contributed by atoms with Gasteiger partial charge in [0.1, 0.15) is 5.82 Å². The molecule has 4 aromatic rings. The number of aromatic amines is 1. The molecule has 1 N–H and O–H groups in total. The minimum atomic E-state index is -0.300. The van der Waals surface area contributed by atoms with Gasteiger partial charge in [0.15, 0.2) is 0 Å². The van der Waals surface area contributed by atoms with Gasteiger partial charge in [0.25, 0.3) is 11.8 Å². The van der Waals surface area contributed by atoms with Gasteiger partial charge in [0.2, 0.25) is 0 Å². The van der Waals surface area contributed by atoms with Gasteiger partial charge in [0.05, 0.1) is 39.9 Å². The Morgan fingerprint density at radius 1 is 0.889 bits per heavy atom. The van der Waals surface area contributed by atoms with Crippen LogP contribution in [0.5, 0.6) is 0 Å². The molecule has 0 bridgehead atoms. The topological polar surface area (TPSA) is 79.0 Å². The first-order chi connectivity index (χ1) is 13.2. The summed E-state index contributed by atoms with van der Waals surface area (Å²) in [5.41, 5.74) is 3.97. The maximum atomic E-state index is 13.1. The summed E-state index contributed by atoms with van der Waals surface area (Å²) in [4.78, 5) is 39.8. The molecule has 1 aliphatic heterocycles. The Morgan fingerprint density at radius 3 is 2.37 bits per heavy atom. The summed E-state index contributed by atoms with van der Waals surface area (Å²) in [5.74, 6) is -0.00432. The summed E-state index contributed by atoms with van der Waals surface area (Å²) in [6.07, 6.45) is 0.588. The number of amides is 2. The number of nitrogens with zero attached hydrogens (tertiary/aromatic N) is 3. The molecular weight excluding hydrogens is 340 g/mol. The summed E-state index contributed by atoms with van der Waals surface area (Å²) in [6.45, 7) is 2.05. The molecular formula is C21H16N4O2. The Bertz CT molecular complexity index is 1210. The predicted molar refractivity (Wildman–Crippen MR) is 101 cm³/mol. The molecule has 0 saturated heterocycles. The number of rotatable bonds is 3. The van der Waals surface area contributed by atoms with Gasteiger partial charge in [-0.25, -0.2) is 4.98 Å². The SMILES string of the molecule is CCc1nc2ccccc2c2c1C(=O)N(Cc1nc3ccccc3[nH]1)C2=O. The Balaban J connectivity index is 1.62. The van der Waals surface area contributed by atoms with Gasteiger partial charge in [0, 0.05) is 5.39 Å². The number of imide groups is 1. The molecule has 2 aromatic heterocycles. The van der Waals surface area contributed by atoms with Gasteiger partial charge in [-0.1, -0.05) is 37.3 Å². The van der Waals surface area contributed by atoms with Crippen LogP contribution < -0.4 is 0 Å². The van der Waals surface area contributed by atoms with Crippen LogP contribution in [0.3, 0.4) is 0 Å². The number of carbonyl (C=O) groups excluding carboxylic acids is 2. The predicted octanol–water partition coefficient (Wildman–Crippen LogP) is 3.47. The Hall–Kier alpha value is -3.54. The molecule has 3 heterocycles. The van der Waals surface area contributed by atoms with E-state index in [0.717, 1.165) is 21.9 Å². The Labute approximate surface area is 154 Å². The number of aromatic nitrogens is 3. The van der Waals surface area contributed by atoms with E-state index < -0.39 is 0 Å². The van der Waals surface area contributed by atoms with Crippen LogP contribution in [-0.4, -0.2) is 31.7 Å². The first-order valence-corrected chi connectivity index (χ1v) is 8.89. The van der Waals surface area contributed by atoms with Crippen molar-refractivity contribution in [1.29, 1.82) is 0 Å². The fourth-order valence-electron chi connectivity index (χ4n) is 3.71. The van der Waals surface area contributed by atoms with Crippen molar-refractivity contribution in [2.45, 2.75) is 19.9 Å². The lowest BCUT2D eigenvalue weighted by atomic mass is 10.0. The van der Waals surface area contributed by atoms with Crippen molar-refractivity contribution in [3.8, 4) is 0 Å². The van der Waals surface area contributed by atoms with E-state index in [1.807, 2.05) is 55.5 Å². The molecule has 1 aliphatic rings. The number of H-pyrrole nitrogens is 1. The number of fused-ring (bicyclic) bond motifs is 4. The lowest BCUT2D eigenvalue weighted by Gasteiger charge is -2.11. The molecule has 0 aliphatic carbocycles. The van der Waals surface area contributed by atoms with E-state index in [1.165, 1.54) is 4.90 Å². The summed E-state index contributed by atoms with van der Waals surface area (Å²) in [5, 5.41) is 0.718. The second kappa shape index (κ2) is 5.74. The highest BCUT2D eigenvalue weighted by molar-refractivity contribution is 6.26. The van der Waals surface area contributed by atoms with E-state index in [9.17, 15) is 9.59 Å². The van der Waals surface area contributed by atoms with Crippen molar-refractivity contribution < 1.29 is 9.59 Å². The third kappa shape index (κ3) is 2.26. The van der Waals surface area contributed by atoms with E-state index >= 15 is 0 Å². The fraction of sp³-hybridized carbons (Fsp3) is 0.143. The molecule has 2 aromatic carbocycles. The molecule has 2 amide bonds. The highest BCUT2D eigenvalue weighted by Gasteiger charge is 2.39. The number of hydrogen-bond donors (Lipinski definition) is 1. The zero-order valence-corrected chi connectivity index (χ0v) is 14.7. The fourth-order valence-corrected chi connectivity index (χ4v) is 3.71. The molecule has 0 unspecified atom stereocenters. The molecule has 0 radical (unpaired) electrons. The van der Waals surface area contributed by atoms with E-state index in [-0.39, 0.29) is 18.4 Å². The lowest BCUT2D eigenvalue weighted by Crippen LogP contribution is -2.29. The standard InChI is InChI=1S/C21H16N4O2/c1-2-13-19-18(12-7-3-4-8-14(12)22-13)20(26)25(21(19)27)11-17-23-15-9-5-6-10-16(15)24-17/h3-10H,2,11H2,1H3,(H,23,24). The number of aryl methyl sites for hydroxylation is 1. The zero-order valence-electron chi connectivity index (χ0n) is 14.7. The third-order valence-electron chi connectivity index (χ3n) is 4.97. The minimum absolute atomic E-state index is 0.110. The summed E-state index contributed by atoms with van der Waals surface area (Å²) in [7, 11) is 0. The molecule has 6 nitrogen and oxygen atoms in total. The number of benzene rings is 2. The molecule has 6 heteroatoms. The van der Waals surface area contributed by atoms with Crippen LogP contribution in [0.25, 0.3) is 21.9 Å². The Morgan fingerprint density at radius 2 is 1.59 bits per heavy atom. The van der Waals surface area contributed by atoms with Crippen LogP contribution in [0.4, 0.5) is 0 Å². The van der Waals surface area contributed by atoms with Gasteiger partial charge in [-0.15, -0.1) is 0 Å². The molecule has 0 spiro atoms. The lowest BCUT2D eigenvalue weighted by molar-refractivity contribution is 0.0639. The maximum absolute atomic E-state index is 13.1. The summed E-state index contributed by atoms with van der Waals surface area (Å²) < 4.78 is 0. The number of para-hydroxylation sites is 3. The van der Waals surface area contributed by atoms with E-state index in [0.29, 0.717) is 29.1 Å². The van der Waals surface area contributed by atoms with Crippen molar-refractivity contribution in [3.05, 3.63) is 71.2 Å². The van der Waals surface area contributed by atoms with Crippen molar-refractivity contribution in [1.82, 2.24) is 19.9 Å². The van der Waals surface area contributed by atoms with Crippen molar-refractivity contribution in [3.63, 3.8) is 0 Å². The number of carbonyl (C=O) groups is 2. The molecule has 132 valence electrons. The van der Waals surface area contributed by atoms with E-state index in [2.05, 4.69) is 15.0 Å². The summed E-state index contributed by atoms with van der Waals surface area (Å²) in [6, 6.07) is 15.1. The van der Waals surface area contributed by atoms with Crippen molar-refractivity contribution in [2.75, 3.05) is 0 Å². The first-order valence-electron chi connectivity index (χ1n) is 8.89. The van der Waals surface area contributed by atoms with Gasteiger partial charge >= 0.3 is 0 Å². The Kier molecular flexibility index (Phi) is 3.33. The summed E-state index contributed by atoms with van der Waals surface area (Å²) >= 11 is 0. The highest BCUT2D eigenvalue weighted by atomic mass is 16.2. The first kappa shape index (κ1) is 15.7. The number of nitrogens with one attached hydrogen (secondary N) is 1. The zero-order chi connectivity index (χ0) is 18.5. The number of hydrogen-bond acceptors (Lipinski definition) is 4. The average molecular weight is 356 g/mol. The van der Waals surface area contributed by atoms with Crippen molar-refractivity contribution >= 4 is 33.8 Å². The molecule has 27 heavy (non-hydrogen) atoms. The second-order valence-electron chi connectivity index (χ2n) is 6.58. The van der Waals surface area contributed by atoms with Crippen LogP contribution in [0.1, 0.15) is 39.2 Å².